The van der Waals surface area contributed by atoms with Gasteiger partial charge in [-0.1, -0.05) is 6.92 Å². The number of nitrogens with one attached hydrogen (secondary N) is 1. The lowest BCUT2D eigenvalue weighted by molar-refractivity contribution is -0.133. The molecule has 0 unspecified atom stereocenters. The van der Waals surface area contributed by atoms with Gasteiger partial charge in [0.2, 0.25) is 5.91 Å². The SMILES string of the molecule is CNCC(=O)N1CC[C@@H](O)[C@@H](C)C1. The van der Waals surface area contributed by atoms with Gasteiger partial charge in [-0.3, -0.25) is 4.79 Å². The molecule has 4 heteroatoms. The molecule has 0 bridgehead atoms. The van der Waals surface area contributed by atoms with Gasteiger partial charge in [-0.25, -0.2) is 0 Å². The zero-order valence-corrected chi connectivity index (χ0v) is 8.29. The van der Waals surface area contributed by atoms with Crippen LogP contribution in [0.1, 0.15) is 13.3 Å². The number of hydrogen-bond acceptors (Lipinski definition) is 3. The van der Waals surface area contributed by atoms with E-state index >= 15 is 0 Å². The van der Waals surface area contributed by atoms with Crippen molar-refractivity contribution in [2.24, 2.45) is 5.92 Å². The van der Waals surface area contributed by atoms with Crippen LogP contribution in [0, 0.1) is 5.92 Å². The van der Waals surface area contributed by atoms with Crippen molar-refractivity contribution in [3.8, 4) is 0 Å². The van der Waals surface area contributed by atoms with Gasteiger partial charge in [0.05, 0.1) is 12.6 Å². The van der Waals surface area contributed by atoms with E-state index in [2.05, 4.69) is 5.32 Å². The highest BCUT2D eigenvalue weighted by Crippen LogP contribution is 2.16. The lowest BCUT2D eigenvalue weighted by atomic mass is 9.97. The Morgan fingerprint density at radius 2 is 2.38 bits per heavy atom. The molecule has 0 aromatic heterocycles. The van der Waals surface area contributed by atoms with Crippen LogP contribution < -0.4 is 5.32 Å². The zero-order valence-electron chi connectivity index (χ0n) is 8.29. The first-order valence-electron chi connectivity index (χ1n) is 4.75. The summed E-state index contributed by atoms with van der Waals surface area (Å²) < 4.78 is 0. The number of piperidine rings is 1. The Morgan fingerprint density at radius 3 is 2.92 bits per heavy atom. The molecule has 2 atom stereocenters. The van der Waals surface area contributed by atoms with Gasteiger partial charge in [-0.15, -0.1) is 0 Å². The number of likely N-dealkylation sites (tertiary alicyclic amines) is 1. The van der Waals surface area contributed by atoms with Gasteiger partial charge in [0.25, 0.3) is 0 Å². The molecule has 4 nitrogen and oxygen atoms in total. The van der Waals surface area contributed by atoms with Gasteiger partial charge in [0.1, 0.15) is 0 Å². The third kappa shape index (κ3) is 2.67. The standard InChI is InChI=1S/C9H18N2O2/c1-7-6-11(4-3-8(7)12)9(13)5-10-2/h7-8,10,12H,3-6H2,1-2H3/t7-,8+/m0/s1. The number of rotatable bonds is 2. The summed E-state index contributed by atoms with van der Waals surface area (Å²) in [7, 11) is 1.76. The summed E-state index contributed by atoms with van der Waals surface area (Å²) >= 11 is 0. The van der Waals surface area contributed by atoms with Gasteiger partial charge >= 0.3 is 0 Å². The van der Waals surface area contributed by atoms with Crippen molar-refractivity contribution in [3.63, 3.8) is 0 Å². The van der Waals surface area contributed by atoms with Gasteiger partial charge in [0.15, 0.2) is 0 Å². The third-order valence-corrected chi connectivity index (χ3v) is 2.54. The highest BCUT2D eigenvalue weighted by molar-refractivity contribution is 5.78. The average Bonchev–Trinajstić information content (AvgIpc) is 2.10. The lowest BCUT2D eigenvalue weighted by Gasteiger charge is -2.34. The number of aliphatic hydroxyl groups excluding tert-OH is 1. The molecule has 0 radical (unpaired) electrons. The Labute approximate surface area is 78.9 Å². The number of nitrogens with zero attached hydrogens (tertiary/aromatic N) is 1. The molecule has 0 saturated carbocycles. The van der Waals surface area contributed by atoms with E-state index in [-0.39, 0.29) is 17.9 Å². The lowest BCUT2D eigenvalue weighted by Crippen LogP contribution is -2.47. The second kappa shape index (κ2) is 4.58. The van der Waals surface area contributed by atoms with Crippen molar-refractivity contribution in [3.05, 3.63) is 0 Å². The molecule has 0 aromatic carbocycles. The molecule has 2 N–H and O–H groups in total. The number of aliphatic hydroxyl groups is 1. The summed E-state index contributed by atoms with van der Waals surface area (Å²) in [5.74, 6) is 0.329. The summed E-state index contributed by atoms with van der Waals surface area (Å²) in [5, 5.41) is 12.3. The minimum absolute atomic E-state index is 0.126. The molecule has 1 saturated heterocycles. The topological polar surface area (TPSA) is 52.6 Å². The second-order valence-electron chi connectivity index (χ2n) is 3.70. The fraction of sp³-hybridized carbons (Fsp3) is 0.889. The van der Waals surface area contributed by atoms with Crippen LogP contribution in [0.5, 0.6) is 0 Å². The minimum Gasteiger partial charge on any atom is -0.393 e. The van der Waals surface area contributed by atoms with Crippen molar-refractivity contribution < 1.29 is 9.90 Å². The molecular weight excluding hydrogens is 168 g/mol. The van der Waals surface area contributed by atoms with Crippen LogP contribution in [0.2, 0.25) is 0 Å². The number of likely N-dealkylation sites (N-methyl/N-ethyl adjacent to an activating group) is 1. The van der Waals surface area contributed by atoms with Crippen LogP contribution in [0.15, 0.2) is 0 Å². The smallest absolute Gasteiger partial charge is 0.236 e. The predicted molar refractivity (Wildman–Crippen MR) is 50.3 cm³/mol. The van der Waals surface area contributed by atoms with E-state index in [4.69, 9.17) is 0 Å². The van der Waals surface area contributed by atoms with Crippen molar-refractivity contribution in [1.82, 2.24) is 10.2 Å². The molecule has 13 heavy (non-hydrogen) atoms. The molecule has 0 spiro atoms. The molecule has 1 rings (SSSR count). The molecule has 1 amide bonds. The van der Waals surface area contributed by atoms with Crippen LogP contribution in [-0.4, -0.2) is 48.7 Å². The van der Waals surface area contributed by atoms with Crippen molar-refractivity contribution in [1.29, 1.82) is 0 Å². The average molecular weight is 186 g/mol. The summed E-state index contributed by atoms with van der Waals surface area (Å²) in [6, 6.07) is 0. The van der Waals surface area contributed by atoms with E-state index in [1.807, 2.05) is 11.8 Å². The highest BCUT2D eigenvalue weighted by Gasteiger charge is 2.26. The van der Waals surface area contributed by atoms with Crippen LogP contribution in [0.3, 0.4) is 0 Å². The van der Waals surface area contributed by atoms with E-state index in [0.29, 0.717) is 26.1 Å². The van der Waals surface area contributed by atoms with Crippen LogP contribution in [0.4, 0.5) is 0 Å². The van der Waals surface area contributed by atoms with Gasteiger partial charge in [-0.2, -0.15) is 0 Å². The molecule has 0 aliphatic carbocycles. The van der Waals surface area contributed by atoms with Crippen molar-refractivity contribution in [2.75, 3.05) is 26.7 Å². The Morgan fingerprint density at radius 1 is 1.69 bits per heavy atom. The number of hydrogen-bond donors (Lipinski definition) is 2. The summed E-state index contributed by atoms with van der Waals surface area (Å²) in [4.78, 5) is 13.2. The molecule has 76 valence electrons. The van der Waals surface area contributed by atoms with E-state index in [0.717, 1.165) is 0 Å². The van der Waals surface area contributed by atoms with Crippen molar-refractivity contribution in [2.45, 2.75) is 19.4 Å². The second-order valence-corrected chi connectivity index (χ2v) is 3.70. The first-order chi connectivity index (χ1) is 6.15. The maximum absolute atomic E-state index is 11.4. The predicted octanol–water partition coefficient (Wildman–Crippen LogP) is -0.565. The summed E-state index contributed by atoms with van der Waals surface area (Å²) in [6.45, 7) is 3.74. The number of amides is 1. The Hall–Kier alpha value is -0.610. The Kier molecular flexibility index (Phi) is 3.69. The highest BCUT2D eigenvalue weighted by atomic mass is 16.3. The first kappa shape index (κ1) is 10.5. The molecular formula is C9H18N2O2. The van der Waals surface area contributed by atoms with Crippen LogP contribution in [-0.2, 0) is 4.79 Å². The van der Waals surface area contributed by atoms with Crippen molar-refractivity contribution >= 4 is 5.91 Å². The first-order valence-corrected chi connectivity index (χ1v) is 4.75. The molecule has 1 aliphatic heterocycles. The molecule has 1 aliphatic rings. The quantitative estimate of drug-likeness (QED) is 0.607. The van der Waals surface area contributed by atoms with Gasteiger partial charge < -0.3 is 15.3 Å². The normalized spacial score (nSPS) is 29.0. The van der Waals surface area contributed by atoms with E-state index in [1.54, 1.807) is 7.05 Å². The number of carbonyl (C=O) groups excluding carboxylic acids is 1. The van der Waals surface area contributed by atoms with Crippen LogP contribution in [0.25, 0.3) is 0 Å². The monoisotopic (exact) mass is 186 g/mol. The molecule has 1 fully saturated rings. The maximum Gasteiger partial charge on any atom is 0.236 e. The fourth-order valence-corrected chi connectivity index (χ4v) is 1.62. The third-order valence-electron chi connectivity index (χ3n) is 2.54. The summed E-state index contributed by atoms with van der Waals surface area (Å²) in [5.41, 5.74) is 0. The largest absolute Gasteiger partial charge is 0.393 e. The fourth-order valence-electron chi connectivity index (χ4n) is 1.62. The maximum atomic E-state index is 11.4. The van der Waals surface area contributed by atoms with E-state index in [1.165, 1.54) is 0 Å². The van der Waals surface area contributed by atoms with Gasteiger partial charge in [-0.05, 0) is 19.4 Å². The van der Waals surface area contributed by atoms with E-state index < -0.39 is 0 Å². The van der Waals surface area contributed by atoms with Crippen LogP contribution >= 0.6 is 0 Å². The number of carbonyl (C=O) groups is 1. The minimum atomic E-state index is -0.237. The Balaban J connectivity index is 2.40. The summed E-state index contributed by atoms with van der Waals surface area (Å²) in [6.07, 6.45) is 0.468. The zero-order chi connectivity index (χ0) is 9.84. The Bertz CT molecular complexity index is 184. The molecule has 1 heterocycles. The van der Waals surface area contributed by atoms with E-state index in [9.17, 15) is 9.90 Å². The molecule has 0 aromatic rings. The van der Waals surface area contributed by atoms with Gasteiger partial charge in [0, 0.05) is 13.1 Å².